The van der Waals surface area contributed by atoms with Gasteiger partial charge in [0, 0.05) is 12.6 Å². The van der Waals surface area contributed by atoms with Crippen molar-refractivity contribution in [1.29, 1.82) is 0 Å². The van der Waals surface area contributed by atoms with E-state index in [9.17, 15) is 14.4 Å². The van der Waals surface area contributed by atoms with E-state index in [0.29, 0.717) is 19.4 Å². The van der Waals surface area contributed by atoms with Gasteiger partial charge in [-0.3, -0.25) is 4.79 Å². The van der Waals surface area contributed by atoms with Gasteiger partial charge in [-0.25, -0.2) is 4.79 Å². The highest BCUT2D eigenvalue weighted by Crippen LogP contribution is 2.27. The quantitative estimate of drug-likeness (QED) is 0.604. The third kappa shape index (κ3) is 6.57. The standard InChI is InChI=1S/C25H30N2O5/c1-31-21-13-11-19(12-14-21)17-27(15-16-28)24(29)22-9-5-6-10-23(22)26-25(30)32-18-20-7-3-2-4-8-20/h2-4,7-8,11-14,16,22-23H,5-6,9-10,15,17-18H2,1H3,(H,26,30)/t22-,23+/m1/s1. The second-order valence-corrected chi connectivity index (χ2v) is 7.94. The molecule has 3 rings (SSSR count). The highest BCUT2D eigenvalue weighted by molar-refractivity contribution is 5.82. The molecule has 0 aromatic heterocycles. The lowest BCUT2D eigenvalue weighted by Crippen LogP contribution is -2.49. The van der Waals surface area contributed by atoms with Crippen LogP contribution in [-0.2, 0) is 27.5 Å². The lowest BCUT2D eigenvalue weighted by molar-refractivity contribution is -0.139. The van der Waals surface area contributed by atoms with E-state index in [1.54, 1.807) is 12.0 Å². The van der Waals surface area contributed by atoms with Crippen LogP contribution >= 0.6 is 0 Å². The normalized spacial score (nSPS) is 17.8. The number of nitrogens with zero attached hydrogens (tertiary/aromatic N) is 1. The Kier molecular flexibility index (Phi) is 8.66. The Morgan fingerprint density at radius 2 is 1.75 bits per heavy atom. The molecular formula is C25H30N2O5. The number of carbonyl (C=O) groups is 3. The summed E-state index contributed by atoms with van der Waals surface area (Å²) in [4.78, 5) is 38.5. The van der Waals surface area contributed by atoms with E-state index in [2.05, 4.69) is 5.32 Å². The largest absolute Gasteiger partial charge is 0.497 e. The molecule has 2 atom stereocenters. The number of methoxy groups -OCH3 is 1. The Morgan fingerprint density at radius 3 is 2.44 bits per heavy atom. The maximum Gasteiger partial charge on any atom is 0.407 e. The number of nitrogens with one attached hydrogen (secondary N) is 1. The molecule has 2 aromatic carbocycles. The van der Waals surface area contributed by atoms with Crippen LogP contribution in [-0.4, -0.2) is 42.9 Å². The van der Waals surface area contributed by atoms with E-state index >= 15 is 0 Å². The van der Waals surface area contributed by atoms with Gasteiger partial charge in [0.15, 0.2) is 0 Å². The van der Waals surface area contributed by atoms with Gasteiger partial charge in [0.25, 0.3) is 0 Å². The number of benzene rings is 2. The van der Waals surface area contributed by atoms with Crippen LogP contribution in [0.2, 0.25) is 0 Å². The Bertz CT molecular complexity index is 885. The summed E-state index contributed by atoms with van der Waals surface area (Å²) >= 11 is 0. The van der Waals surface area contributed by atoms with Crippen molar-refractivity contribution in [3.8, 4) is 5.75 Å². The molecule has 2 aromatic rings. The average molecular weight is 439 g/mol. The van der Waals surface area contributed by atoms with Gasteiger partial charge in [0.1, 0.15) is 18.6 Å². The first kappa shape index (κ1) is 23.3. The summed E-state index contributed by atoms with van der Waals surface area (Å²) in [6.07, 6.45) is 3.41. The number of rotatable bonds is 9. The summed E-state index contributed by atoms with van der Waals surface area (Å²) in [5, 5.41) is 2.88. The molecule has 2 amide bonds. The van der Waals surface area contributed by atoms with Crippen molar-refractivity contribution < 1.29 is 23.9 Å². The predicted octanol–water partition coefficient (Wildman–Crippen LogP) is 3.71. The van der Waals surface area contributed by atoms with Crippen LogP contribution in [0, 0.1) is 5.92 Å². The average Bonchev–Trinajstić information content (AvgIpc) is 2.83. The highest BCUT2D eigenvalue weighted by atomic mass is 16.5. The molecule has 0 spiro atoms. The van der Waals surface area contributed by atoms with Crippen LogP contribution < -0.4 is 10.1 Å². The fourth-order valence-electron chi connectivity index (χ4n) is 4.02. The van der Waals surface area contributed by atoms with E-state index in [1.807, 2.05) is 54.6 Å². The molecule has 1 N–H and O–H groups in total. The topological polar surface area (TPSA) is 84.9 Å². The van der Waals surface area contributed by atoms with Crippen LogP contribution in [0.25, 0.3) is 0 Å². The number of hydrogen-bond donors (Lipinski definition) is 1. The van der Waals surface area contributed by atoms with Crippen molar-refractivity contribution in [1.82, 2.24) is 10.2 Å². The fraction of sp³-hybridized carbons (Fsp3) is 0.400. The lowest BCUT2D eigenvalue weighted by Gasteiger charge is -2.34. The van der Waals surface area contributed by atoms with Crippen molar-refractivity contribution >= 4 is 18.3 Å². The lowest BCUT2D eigenvalue weighted by atomic mass is 9.83. The molecule has 0 heterocycles. The van der Waals surface area contributed by atoms with Crippen molar-refractivity contribution in [3.63, 3.8) is 0 Å². The minimum absolute atomic E-state index is 0.00648. The van der Waals surface area contributed by atoms with Crippen LogP contribution in [0.15, 0.2) is 54.6 Å². The number of carbonyl (C=O) groups excluding carboxylic acids is 3. The molecule has 1 saturated carbocycles. The molecule has 32 heavy (non-hydrogen) atoms. The van der Waals surface area contributed by atoms with Gasteiger partial charge in [-0.1, -0.05) is 55.3 Å². The second-order valence-electron chi connectivity index (χ2n) is 7.94. The van der Waals surface area contributed by atoms with Gasteiger partial charge >= 0.3 is 6.09 Å². The van der Waals surface area contributed by atoms with Crippen LogP contribution in [0.5, 0.6) is 5.75 Å². The van der Waals surface area contributed by atoms with Gasteiger partial charge in [0.2, 0.25) is 5.91 Å². The maximum atomic E-state index is 13.3. The summed E-state index contributed by atoms with van der Waals surface area (Å²) in [5.41, 5.74) is 1.80. The van der Waals surface area contributed by atoms with E-state index in [4.69, 9.17) is 9.47 Å². The van der Waals surface area contributed by atoms with Crippen LogP contribution in [0.1, 0.15) is 36.8 Å². The summed E-state index contributed by atoms with van der Waals surface area (Å²) in [5.74, 6) is 0.222. The Morgan fingerprint density at radius 1 is 1.03 bits per heavy atom. The Balaban J connectivity index is 1.62. The smallest absolute Gasteiger partial charge is 0.407 e. The summed E-state index contributed by atoms with van der Waals surface area (Å²) in [7, 11) is 1.60. The number of aldehydes is 1. The number of hydrogen-bond acceptors (Lipinski definition) is 5. The molecular weight excluding hydrogens is 408 g/mol. The minimum Gasteiger partial charge on any atom is -0.497 e. The van der Waals surface area contributed by atoms with Crippen molar-refractivity contribution in [2.24, 2.45) is 5.92 Å². The van der Waals surface area contributed by atoms with Gasteiger partial charge in [0.05, 0.1) is 19.6 Å². The maximum absolute atomic E-state index is 13.3. The number of alkyl carbamates (subject to hydrolysis) is 1. The van der Waals surface area contributed by atoms with Crippen molar-refractivity contribution in [3.05, 3.63) is 65.7 Å². The number of ether oxygens (including phenoxy) is 2. The second kappa shape index (κ2) is 11.9. The molecule has 1 aliphatic rings. The zero-order valence-electron chi connectivity index (χ0n) is 18.4. The molecule has 170 valence electrons. The number of amides is 2. The highest BCUT2D eigenvalue weighted by Gasteiger charge is 2.35. The molecule has 7 heteroatoms. The first-order chi connectivity index (χ1) is 15.6. The zero-order valence-corrected chi connectivity index (χ0v) is 18.4. The molecule has 0 saturated heterocycles. The predicted molar refractivity (Wildman–Crippen MR) is 120 cm³/mol. The Labute approximate surface area is 188 Å². The summed E-state index contributed by atoms with van der Waals surface area (Å²) in [6, 6.07) is 16.5. The van der Waals surface area contributed by atoms with Crippen molar-refractivity contribution in [2.45, 2.75) is 44.9 Å². The van der Waals surface area contributed by atoms with Crippen molar-refractivity contribution in [2.75, 3.05) is 13.7 Å². The van der Waals surface area contributed by atoms with Crippen LogP contribution in [0.4, 0.5) is 4.79 Å². The van der Waals surface area contributed by atoms with E-state index in [-0.39, 0.29) is 31.0 Å². The molecule has 0 bridgehead atoms. The third-order valence-electron chi connectivity index (χ3n) is 5.74. The summed E-state index contributed by atoms with van der Waals surface area (Å²) in [6.45, 7) is 0.503. The third-order valence-corrected chi connectivity index (χ3v) is 5.74. The Hall–Kier alpha value is -3.35. The first-order valence-corrected chi connectivity index (χ1v) is 10.9. The molecule has 0 radical (unpaired) electrons. The molecule has 0 unspecified atom stereocenters. The SMILES string of the molecule is COc1ccc(CN(CC=O)C(=O)[C@@H]2CCCC[C@@H]2NC(=O)OCc2ccccc2)cc1. The molecule has 1 aliphatic carbocycles. The van der Waals surface area contributed by atoms with E-state index in [0.717, 1.165) is 36.0 Å². The molecule has 1 fully saturated rings. The van der Waals surface area contributed by atoms with E-state index in [1.165, 1.54) is 0 Å². The van der Waals surface area contributed by atoms with Gasteiger partial charge in [-0.15, -0.1) is 0 Å². The summed E-state index contributed by atoms with van der Waals surface area (Å²) < 4.78 is 10.5. The van der Waals surface area contributed by atoms with Gasteiger partial charge in [-0.05, 0) is 36.1 Å². The minimum atomic E-state index is -0.532. The monoisotopic (exact) mass is 438 g/mol. The first-order valence-electron chi connectivity index (χ1n) is 10.9. The molecule has 7 nitrogen and oxygen atoms in total. The zero-order chi connectivity index (χ0) is 22.8. The van der Waals surface area contributed by atoms with Gasteiger partial charge < -0.3 is 24.5 Å². The fourth-order valence-corrected chi connectivity index (χ4v) is 4.02. The van der Waals surface area contributed by atoms with Gasteiger partial charge in [-0.2, -0.15) is 0 Å². The van der Waals surface area contributed by atoms with E-state index < -0.39 is 6.09 Å². The molecule has 0 aliphatic heterocycles. The van der Waals surface area contributed by atoms with Crippen LogP contribution in [0.3, 0.4) is 0 Å².